The van der Waals surface area contributed by atoms with Gasteiger partial charge in [-0.2, -0.15) is 11.8 Å². The number of carbonyl (C=O) groups excluding carboxylic acids is 2. The lowest BCUT2D eigenvalue weighted by atomic mass is 10.1. The van der Waals surface area contributed by atoms with Crippen LogP contribution in [0.5, 0.6) is 5.75 Å². The van der Waals surface area contributed by atoms with Crippen LogP contribution >= 0.6 is 57.9 Å². The number of pyridine rings is 1. The Balaban J connectivity index is 1.94. The second kappa shape index (κ2) is 10.6. The minimum absolute atomic E-state index is 0.103. The maximum absolute atomic E-state index is 12.9. The number of thioether (sulfide) groups is 1. The molecule has 0 aliphatic carbocycles. The number of methoxy groups -OCH3 is 1. The smallest absolute Gasteiger partial charge is 0.267 e. The van der Waals surface area contributed by atoms with Gasteiger partial charge in [-0.25, -0.2) is 4.98 Å². The van der Waals surface area contributed by atoms with Crippen LogP contribution in [0.4, 0.5) is 11.5 Å². The molecule has 0 spiro atoms. The SMILES string of the molecule is COc1cc(Cl)cc(C(=O)Nc2ccc(Cl)cn2)c1NC(=O)c1scc(CSC)c1Cl. The number of hydrogen-bond acceptors (Lipinski definition) is 6. The van der Waals surface area contributed by atoms with Crippen LogP contribution in [0, 0.1) is 0 Å². The third kappa shape index (κ3) is 5.64. The van der Waals surface area contributed by atoms with Crippen molar-refractivity contribution in [3.8, 4) is 5.75 Å². The van der Waals surface area contributed by atoms with Crippen molar-refractivity contribution in [1.82, 2.24) is 4.98 Å². The van der Waals surface area contributed by atoms with Crippen LogP contribution in [-0.2, 0) is 5.75 Å². The minimum Gasteiger partial charge on any atom is -0.494 e. The van der Waals surface area contributed by atoms with Crippen LogP contribution in [0.25, 0.3) is 0 Å². The Labute approximate surface area is 202 Å². The van der Waals surface area contributed by atoms with E-state index in [9.17, 15) is 9.59 Å². The Morgan fingerprint density at radius 1 is 1.13 bits per heavy atom. The molecule has 0 aliphatic rings. The fourth-order valence-electron chi connectivity index (χ4n) is 2.64. The summed E-state index contributed by atoms with van der Waals surface area (Å²) in [6.07, 6.45) is 3.36. The van der Waals surface area contributed by atoms with Crippen LogP contribution < -0.4 is 15.4 Å². The van der Waals surface area contributed by atoms with Crippen LogP contribution in [0.1, 0.15) is 25.6 Å². The molecule has 2 heterocycles. The molecular formula is C20H16Cl3N3O3S2. The molecule has 0 atom stereocenters. The summed E-state index contributed by atoms with van der Waals surface area (Å²) in [6, 6.07) is 6.08. The van der Waals surface area contributed by atoms with Crippen molar-refractivity contribution in [2.24, 2.45) is 0 Å². The van der Waals surface area contributed by atoms with Crippen molar-refractivity contribution in [3.63, 3.8) is 0 Å². The zero-order valence-electron chi connectivity index (χ0n) is 16.3. The van der Waals surface area contributed by atoms with Gasteiger partial charge in [-0.15, -0.1) is 11.3 Å². The number of nitrogens with one attached hydrogen (secondary N) is 2. The van der Waals surface area contributed by atoms with Gasteiger partial charge in [-0.1, -0.05) is 34.8 Å². The Hall–Kier alpha value is -1.97. The van der Waals surface area contributed by atoms with Crippen molar-refractivity contribution >= 4 is 81.2 Å². The summed E-state index contributed by atoms with van der Waals surface area (Å²) in [4.78, 5) is 30.3. The molecule has 0 bridgehead atoms. The molecule has 0 fully saturated rings. The molecule has 162 valence electrons. The average Bonchev–Trinajstić information content (AvgIpc) is 3.11. The second-order valence-electron chi connectivity index (χ2n) is 6.14. The lowest BCUT2D eigenvalue weighted by Gasteiger charge is -2.15. The molecule has 1 aromatic carbocycles. The first kappa shape index (κ1) is 23.7. The van der Waals surface area contributed by atoms with E-state index in [1.165, 1.54) is 36.8 Å². The number of anilines is 2. The van der Waals surface area contributed by atoms with Crippen molar-refractivity contribution in [2.45, 2.75) is 5.75 Å². The summed E-state index contributed by atoms with van der Waals surface area (Å²) in [7, 11) is 1.42. The van der Waals surface area contributed by atoms with Crippen molar-refractivity contribution in [1.29, 1.82) is 0 Å². The summed E-state index contributed by atoms with van der Waals surface area (Å²) < 4.78 is 5.35. The van der Waals surface area contributed by atoms with E-state index < -0.39 is 11.8 Å². The Bertz CT molecular complexity index is 1120. The minimum atomic E-state index is -0.536. The lowest BCUT2D eigenvalue weighted by Crippen LogP contribution is -2.19. The summed E-state index contributed by atoms with van der Waals surface area (Å²) in [5.41, 5.74) is 1.14. The van der Waals surface area contributed by atoms with Crippen LogP contribution in [0.3, 0.4) is 0 Å². The number of aromatic nitrogens is 1. The highest BCUT2D eigenvalue weighted by molar-refractivity contribution is 7.97. The van der Waals surface area contributed by atoms with E-state index in [2.05, 4.69) is 15.6 Å². The number of benzene rings is 1. The standard InChI is InChI=1S/C20H16Cl3N3O3S2/c1-29-14-6-12(22)5-13(19(27)25-15-4-3-11(21)7-24-15)17(14)26-20(28)18-16(23)10(8-30-2)9-31-18/h3-7,9H,8H2,1-2H3,(H,26,28)(H,24,25,27). The first-order chi connectivity index (χ1) is 14.8. The predicted molar refractivity (Wildman–Crippen MR) is 130 cm³/mol. The molecular weight excluding hydrogens is 501 g/mol. The summed E-state index contributed by atoms with van der Waals surface area (Å²) in [5.74, 6) is 0.211. The topological polar surface area (TPSA) is 80.3 Å². The number of nitrogens with zero attached hydrogens (tertiary/aromatic N) is 1. The Morgan fingerprint density at radius 3 is 2.55 bits per heavy atom. The fourth-order valence-corrected chi connectivity index (χ4v) is 4.94. The first-order valence-electron chi connectivity index (χ1n) is 8.70. The number of carbonyl (C=O) groups is 2. The van der Waals surface area contributed by atoms with E-state index in [-0.39, 0.29) is 27.8 Å². The molecule has 0 radical (unpaired) electrons. The number of ether oxygens (including phenoxy) is 1. The van der Waals surface area contributed by atoms with Crippen LogP contribution in [0.2, 0.25) is 15.1 Å². The average molecular weight is 517 g/mol. The molecule has 2 aromatic heterocycles. The quantitative estimate of drug-likeness (QED) is 0.376. The van der Waals surface area contributed by atoms with Crippen molar-refractivity contribution in [2.75, 3.05) is 24.0 Å². The van der Waals surface area contributed by atoms with Crippen LogP contribution in [0.15, 0.2) is 35.8 Å². The molecule has 0 unspecified atom stereocenters. The fraction of sp³-hybridized carbons (Fsp3) is 0.150. The highest BCUT2D eigenvalue weighted by Crippen LogP contribution is 2.35. The number of thiophene rings is 1. The van der Waals surface area contributed by atoms with Gasteiger partial charge in [0.1, 0.15) is 16.4 Å². The van der Waals surface area contributed by atoms with Gasteiger partial charge in [0.15, 0.2) is 0 Å². The lowest BCUT2D eigenvalue weighted by molar-refractivity contribution is 0.102. The number of halogens is 3. The first-order valence-corrected chi connectivity index (χ1v) is 12.1. The van der Waals surface area contributed by atoms with Gasteiger partial charge in [-0.3, -0.25) is 9.59 Å². The summed E-state index contributed by atoms with van der Waals surface area (Å²) in [6.45, 7) is 0. The van der Waals surface area contributed by atoms with Crippen molar-refractivity contribution in [3.05, 3.63) is 66.9 Å². The zero-order chi connectivity index (χ0) is 22.5. The molecule has 2 N–H and O–H groups in total. The zero-order valence-corrected chi connectivity index (χ0v) is 20.2. The summed E-state index contributed by atoms with van der Waals surface area (Å²) >= 11 is 21.2. The number of rotatable bonds is 7. The van der Waals surface area contributed by atoms with Gasteiger partial charge in [0.05, 0.1) is 28.4 Å². The molecule has 31 heavy (non-hydrogen) atoms. The monoisotopic (exact) mass is 515 g/mol. The largest absolute Gasteiger partial charge is 0.494 e. The van der Waals surface area contributed by atoms with Gasteiger partial charge < -0.3 is 15.4 Å². The molecule has 6 nitrogen and oxygen atoms in total. The Morgan fingerprint density at radius 2 is 1.90 bits per heavy atom. The Kier molecular flexibility index (Phi) is 8.07. The second-order valence-corrected chi connectivity index (χ2v) is 9.13. The van der Waals surface area contributed by atoms with E-state index in [4.69, 9.17) is 39.5 Å². The van der Waals surface area contributed by atoms with Gasteiger partial charge in [0, 0.05) is 23.0 Å². The van der Waals surface area contributed by atoms with Gasteiger partial charge in [0.25, 0.3) is 11.8 Å². The van der Waals surface area contributed by atoms with E-state index >= 15 is 0 Å². The van der Waals surface area contributed by atoms with E-state index in [1.54, 1.807) is 23.9 Å². The molecule has 0 saturated carbocycles. The predicted octanol–water partition coefficient (Wildman–Crippen LogP) is 6.48. The number of amides is 2. The van der Waals surface area contributed by atoms with Gasteiger partial charge >= 0.3 is 0 Å². The maximum atomic E-state index is 12.9. The van der Waals surface area contributed by atoms with E-state index in [0.717, 1.165) is 5.56 Å². The van der Waals surface area contributed by atoms with E-state index in [1.807, 2.05) is 11.6 Å². The van der Waals surface area contributed by atoms with Crippen molar-refractivity contribution < 1.29 is 14.3 Å². The summed E-state index contributed by atoms with van der Waals surface area (Å²) in [5, 5.41) is 8.32. The third-order valence-electron chi connectivity index (χ3n) is 4.05. The highest BCUT2D eigenvalue weighted by Gasteiger charge is 2.23. The third-order valence-corrected chi connectivity index (χ3v) is 6.66. The maximum Gasteiger partial charge on any atom is 0.267 e. The molecule has 3 aromatic rings. The van der Waals surface area contributed by atoms with E-state index in [0.29, 0.717) is 20.7 Å². The number of hydrogen-bond donors (Lipinski definition) is 2. The normalized spacial score (nSPS) is 10.6. The molecule has 11 heteroatoms. The van der Waals surface area contributed by atoms with Gasteiger partial charge in [0.2, 0.25) is 0 Å². The molecule has 0 aliphatic heterocycles. The van der Waals surface area contributed by atoms with Crippen LogP contribution in [-0.4, -0.2) is 30.2 Å². The highest BCUT2D eigenvalue weighted by atomic mass is 35.5. The van der Waals surface area contributed by atoms with Gasteiger partial charge in [-0.05, 0) is 35.4 Å². The molecule has 0 saturated heterocycles. The molecule has 2 amide bonds. The molecule has 3 rings (SSSR count).